The van der Waals surface area contributed by atoms with E-state index in [0.29, 0.717) is 46.6 Å². The molecule has 44 heavy (non-hydrogen) atoms. The summed E-state index contributed by atoms with van der Waals surface area (Å²) in [6.07, 6.45) is 1.43. The van der Waals surface area contributed by atoms with Gasteiger partial charge in [0.15, 0.2) is 4.80 Å². The average molecular weight is 781 g/mol. The first-order valence-electron chi connectivity index (χ1n) is 13.4. The van der Waals surface area contributed by atoms with Gasteiger partial charge in [0.25, 0.3) is 5.56 Å². The van der Waals surface area contributed by atoms with Gasteiger partial charge < -0.3 is 14.2 Å². The van der Waals surface area contributed by atoms with Crippen LogP contribution in [0.25, 0.3) is 6.08 Å². The van der Waals surface area contributed by atoms with Crippen LogP contribution in [0.15, 0.2) is 84.6 Å². The average Bonchev–Trinajstić information content (AvgIpc) is 3.26. The van der Waals surface area contributed by atoms with Gasteiger partial charge in [-0.05, 0) is 90.8 Å². The molecule has 0 radical (unpaired) electrons. The summed E-state index contributed by atoms with van der Waals surface area (Å²) in [7, 11) is 1.55. The molecule has 2 heterocycles. The Morgan fingerprint density at radius 3 is 2.52 bits per heavy atom. The van der Waals surface area contributed by atoms with Gasteiger partial charge in [-0.2, -0.15) is 0 Å². The number of nitrogens with zero attached hydrogens (tertiary/aromatic N) is 2. The van der Waals surface area contributed by atoms with Crippen molar-refractivity contribution in [1.29, 1.82) is 0 Å². The predicted molar refractivity (Wildman–Crippen MR) is 181 cm³/mol. The number of aromatic nitrogens is 1. The van der Waals surface area contributed by atoms with Crippen LogP contribution in [0.2, 0.25) is 10.0 Å². The zero-order valence-corrected chi connectivity index (χ0v) is 29.5. The molecule has 0 bridgehead atoms. The van der Waals surface area contributed by atoms with E-state index in [1.807, 2.05) is 36.4 Å². The summed E-state index contributed by atoms with van der Waals surface area (Å²) in [4.78, 5) is 32.6. The minimum absolute atomic E-state index is 0.256. The van der Waals surface area contributed by atoms with E-state index < -0.39 is 12.0 Å². The van der Waals surface area contributed by atoms with Crippen molar-refractivity contribution in [2.24, 2.45) is 4.99 Å². The number of hydrogen-bond donors (Lipinski definition) is 0. The van der Waals surface area contributed by atoms with Gasteiger partial charge in [-0.25, -0.2) is 9.79 Å². The highest BCUT2D eigenvalue weighted by Gasteiger charge is 2.35. The molecule has 0 amide bonds. The van der Waals surface area contributed by atoms with Crippen molar-refractivity contribution in [1.82, 2.24) is 4.57 Å². The normalized spacial score (nSPS) is 14.8. The lowest BCUT2D eigenvalue weighted by molar-refractivity contribution is -0.143. The van der Waals surface area contributed by atoms with Crippen molar-refractivity contribution >= 4 is 78.4 Å². The van der Waals surface area contributed by atoms with Gasteiger partial charge in [-0.1, -0.05) is 62.6 Å². The maximum absolute atomic E-state index is 14.0. The first-order chi connectivity index (χ1) is 21.0. The number of rotatable bonds is 8. The smallest absolute Gasteiger partial charge is 0.338 e. The molecule has 0 spiro atoms. The summed E-state index contributed by atoms with van der Waals surface area (Å²) in [6.45, 7) is 5.56. The molecule has 0 N–H and O–H groups in total. The molecular formula is C32H26Br2Cl2N2O5S. The van der Waals surface area contributed by atoms with E-state index in [0.717, 1.165) is 15.6 Å². The molecule has 3 aromatic carbocycles. The highest BCUT2D eigenvalue weighted by atomic mass is 79.9. The largest absolute Gasteiger partial charge is 0.496 e. The topological polar surface area (TPSA) is 79.1 Å². The Labute approximate surface area is 284 Å². The molecule has 4 aromatic rings. The summed E-state index contributed by atoms with van der Waals surface area (Å²) in [6, 6.07) is 15.4. The van der Waals surface area contributed by atoms with Crippen LogP contribution in [0, 0.1) is 0 Å². The molecular weight excluding hydrogens is 755 g/mol. The number of benzene rings is 3. The van der Waals surface area contributed by atoms with Crippen molar-refractivity contribution in [2.45, 2.75) is 39.5 Å². The number of carbonyl (C=O) groups excluding carboxylic acids is 1. The molecule has 12 heteroatoms. The van der Waals surface area contributed by atoms with Crippen LogP contribution >= 0.6 is 66.4 Å². The van der Waals surface area contributed by atoms with Gasteiger partial charge in [-0.3, -0.25) is 9.36 Å². The Balaban J connectivity index is 1.56. The summed E-state index contributed by atoms with van der Waals surface area (Å²) < 4.78 is 20.7. The van der Waals surface area contributed by atoms with Gasteiger partial charge >= 0.3 is 5.97 Å². The molecule has 0 saturated heterocycles. The van der Waals surface area contributed by atoms with E-state index >= 15 is 0 Å². The first kappa shape index (κ1) is 32.5. The van der Waals surface area contributed by atoms with E-state index in [-0.39, 0.29) is 23.8 Å². The third-order valence-corrected chi connectivity index (χ3v) is 9.41. The quantitative estimate of drug-likeness (QED) is 0.172. The fourth-order valence-electron chi connectivity index (χ4n) is 4.74. The van der Waals surface area contributed by atoms with Crippen molar-refractivity contribution < 1.29 is 19.0 Å². The second-order valence-corrected chi connectivity index (χ2v) is 13.8. The Kier molecular flexibility index (Phi) is 10.1. The fourth-order valence-corrected chi connectivity index (χ4v) is 7.14. The van der Waals surface area contributed by atoms with Crippen molar-refractivity contribution in [3.05, 3.63) is 121 Å². The van der Waals surface area contributed by atoms with Crippen molar-refractivity contribution in [3.63, 3.8) is 0 Å². The van der Waals surface area contributed by atoms with Crippen molar-refractivity contribution in [3.8, 4) is 11.5 Å². The lowest BCUT2D eigenvalue weighted by Crippen LogP contribution is -2.40. The molecule has 1 aliphatic rings. The second-order valence-electron chi connectivity index (χ2n) is 10.1. The van der Waals surface area contributed by atoms with Crippen LogP contribution in [0.1, 0.15) is 43.5 Å². The Hall–Kier alpha value is -2.89. The molecule has 0 saturated carbocycles. The number of esters is 1. The zero-order chi connectivity index (χ0) is 31.7. The van der Waals surface area contributed by atoms with Crippen LogP contribution in [0.5, 0.6) is 11.5 Å². The molecule has 1 atom stereocenters. The Morgan fingerprint density at radius 2 is 1.84 bits per heavy atom. The number of thiazole rings is 1. The zero-order valence-electron chi connectivity index (χ0n) is 24.0. The van der Waals surface area contributed by atoms with E-state index in [9.17, 15) is 9.59 Å². The minimum Gasteiger partial charge on any atom is -0.496 e. The lowest BCUT2D eigenvalue weighted by Gasteiger charge is -2.26. The minimum atomic E-state index is -0.811. The molecule has 228 valence electrons. The molecule has 1 aromatic heterocycles. The summed E-state index contributed by atoms with van der Waals surface area (Å²) >= 11 is 20.6. The maximum atomic E-state index is 14.0. The Bertz CT molecular complexity index is 1990. The molecule has 0 fully saturated rings. The number of ether oxygens (including phenoxy) is 3. The summed E-state index contributed by atoms with van der Waals surface area (Å²) in [5.74, 6) is 0.596. The highest BCUT2D eigenvalue weighted by Crippen LogP contribution is 2.37. The second kappa shape index (κ2) is 13.6. The summed E-state index contributed by atoms with van der Waals surface area (Å²) in [5, 5.41) is 1.08. The van der Waals surface area contributed by atoms with Crippen LogP contribution in [0.3, 0.4) is 0 Å². The van der Waals surface area contributed by atoms with E-state index in [2.05, 4.69) is 36.9 Å². The fraction of sp³-hybridized carbons (Fsp3) is 0.219. The molecule has 0 unspecified atom stereocenters. The predicted octanol–water partition coefficient (Wildman–Crippen LogP) is 7.61. The van der Waals surface area contributed by atoms with Crippen LogP contribution in [-0.2, 0) is 16.1 Å². The van der Waals surface area contributed by atoms with E-state index in [1.54, 1.807) is 52.2 Å². The van der Waals surface area contributed by atoms with E-state index in [1.165, 1.54) is 15.9 Å². The molecule has 5 rings (SSSR count). The number of methoxy groups -OCH3 is 1. The number of halogens is 4. The monoisotopic (exact) mass is 778 g/mol. The van der Waals surface area contributed by atoms with Gasteiger partial charge in [0.2, 0.25) is 0 Å². The highest BCUT2D eigenvalue weighted by molar-refractivity contribution is 9.10. The van der Waals surface area contributed by atoms with Gasteiger partial charge in [-0.15, -0.1) is 0 Å². The number of carbonyl (C=O) groups is 1. The molecule has 7 nitrogen and oxygen atoms in total. The van der Waals surface area contributed by atoms with E-state index in [4.69, 9.17) is 37.4 Å². The molecule has 1 aliphatic heterocycles. The van der Waals surface area contributed by atoms with Crippen LogP contribution in [0.4, 0.5) is 0 Å². The third kappa shape index (κ3) is 6.84. The maximum Gasteiger partial charge on any atom is 0.338 e. The van der Waals surface area contributed by atoms with Crippen LogP contribution < -0.4 is 24.4 Å². The third-order valence-electron chi connectivity index (χ3n) is 6.72. The van der Waals surface area contributed by atoms with Crippen molar-refractivity contribution in [2.75, 3.05) is 7.11 Å². The van der Waals surface area contributed by atoms with Gasteiger partial charge in [0, 0.05) is 25.6 Å². The first-order valence-corrected chi connectivity index (χ1v) is 16.6. The molecule has 0 aliphatic carbocycles. The van der Waals surface area contributed by atoms with Gasteiger partial charge in [0.05, 0.1) is 33.5 Å². The number of allylic oxidation sites excluding steroid dienone is 1. The van der Waals surface area contributed by atoms with Gasteiger partial charge in [0.1, 0.15) is 24.1 Å². The number of hydrogen-bond acceptors (Lipinski definition) is 7. The standard InChI is InChI=1S/C32H26Br2Cl2N2O5S/c1-16(2)43-31(40)28-17(3)37-32-38(29(28)22-13-20(33)7-10-25(22)41-4)30(39)27(44-32)12-18-5-9-26(23(34)11-18)42-15-19-6-8-21(35)14-24(19)36/h5-14,16,29H,15H2,1-4H3/b27-12-/t29-/m0/s1. The Morgan fingerprint density at radius 1 is 1.09 bits per heavy atom. The number of fused-ring (bicyclic) bond motifs is 1. The summed E-state index contributed by atoms with van der Waals surface area (Å²) in [5.41, 5.74) is 2.66. The lowest BCUT2D eigenvalue weighted by atomic mass is 9.95. The SMILES string of the molecule is COc1ccc(Br)cc1[C@H]1C(C(=O)OC(C)C)=C(C)N=c2s/c(=C\c3ccc(OCc4ccc(Cl)cc4Cl)c(Br)c3)c(=O)n21. The van der Waals surface area contributed by atoms with Crippen LogP contribution in [-0.4, -0.2) is 23.8 Å².